The molecule has 0 aromatic carbocycles. The Labute approximate surface area is 120 Å². The number of nitrogens with zero attached hydrogens (tertiary/aromatic N) is 2. The highest BCUT2D eigenvalue weighted by molar-refractivity contribution is 7.86. The lowest BCUT2D eigenvalue weighted by Gasteiger charge is -2.39. The average molecular weight is 305 g/mol. The Hall–Kier alpha value is -0.700. The molecule has 2 aliphatic heterocycles. The molecule has 2 heterocycles. The molecule has 0 aliphatic carbocycles. The molecule has 0 radical (unpaired) electrons. The SMILES string of the molecule is CCOC(=O)C1CCCN1S(=O)(=O)N(CC)C1CNC1. The molecule has 0 aromatic heterocycles. The second kappa shape index (κ2) is 6.38. The minimum absolute atomic E-state index is 0.00607. The second-order valence-corrected chi connectivity index (χ2v) is 6.88. The summed E-state index contributed by atoms with van der Waals surface area (Å²) in [5.74, 6) is -0.434. The van der Waals surface area contributed by atoms with Crippen LogP contribution >= 0.6 is 0 Å². The van der Waals surface area contributed by atoms with Crippen molar-refractivity contribution in [3.63, 3.8) is 0 Å². The Morgan fingerprint density at radius 2 is 2.10 bits per heavy atom. The van der Waals surface area contributed by atoms with Gasteiger partial charge < -0.3 is 10.1 Å². The first-order chi connectivity index (χ1) is 9.52. The van der Waals surface area contributed by atoms with E-state index in [0.29, 0.717) is 39.0 Å². The normalized spacial score (nSPS) is 24.9. The van der Waals surface area contributed by atoms with E-state index in [-0.39, 0.29) is 12.6 Å². The number of esters is 1. The summed E-state index contributed by atoms with van der Waals surface area (Å²) in [6.45, 7) is 5.97. The molecule has 7 nitrogen and oxygen atoms in total. The molecule has 20 heavy (non-hydrogen) atoms. The number of hydrogen-bond donors (Lipinski definition) is 1. The van der Waals surface area contributed by atoms with Gasteiger partial charge in [-0.3, -0.25) is 4.79 Å². The third-order valence-electron chi connectivity index (χ3n) is 3.83. The average Bonchev–Trinajstić information content (AvgIpc) is 2.83. The third-order valence-corrected chi connectivity index (χ3v) is 6.01. The maximum atomic E-state index is 12.7. The van der Waals surface area contributed by atoms with E-state index in [4.69, 9.17) is 4.74 Å². The topological polar surface area (TPSA) is 79.0 Å². The van der Waals surface area contributed by atoms with Crippen molar-refractivity contribution in [2.45, 2.75) is 38.8 Å². The van der Waals surface area contributed by atoms with Gasteiger partial charge in [-0.15, -0.1) is 0 Å². The molecule has 0 bridgehead atoms. The highest BCUT2D eigenvalue weighted by Gasteiger charge is 2.44. The van der Waals surface area contributed by atoms with Gasteiger partial charge in [0.2, 0.25) is 0 Å². The van der Waals surface area contributed by atoms with Gasteiger partial charge in [-0.05, 0) is 19.8 Å². The number of carbonyl (C=O) groups is 1. The molecule has 0 aromatic rings. The van der Waals surface area contributed by atoms with Crippen LogP contribution in [0.3, 0.4) is 0 Å². The van der Waals surface area contributed by atoms with Gasteiger partial charge in [-0.25, -0.2) is 0 Å². The summed E-state index contributed by atoms with van der Waals surface area (Å²) in [6, 6.07) is -0.671. The molecule has 1 atom stereocenters. The Balaban J connectivity index is 2.16. The number of likely N-dealkylation sites (N-methyl/N-ethyl adjacent to an activating group) is 1. The lowest BCUT2D eigenvalue weighted by molar-refractivity contribution is -0.147. The molecule has 0 amide bonds. The quantitative estimate of drug-likeness (QED) is 0.673. The smallest absolute Gasteiger partial charge is 0.324 e. The van der Waals surface area contributed by atoms with Gasteiger partial charge >= 0.3 is 5.97 Å². The van der Waals surface area contributed by atoms with Crippen LogP contribution in [0.5, 0.6) is 0 Å². The lowest BCUT2D eigenvalue weighted by atomic mass is 10.2. The van der Waals surface area contributed by atoms with E-state index in [1.165, 1.54) is 8.61 Å². The van der Waals surface area contributed by atoms with Crippen molar-refractivity contribution in [2.24, 2.45) is 0 Å². The predicted octanol–water partition coefficient (Wildman–Crippen LogP) is -0.448. The van der Waals surface area contributed by atoms with Gasteiger partial charge in [0.15, 0.2) is 0 Å². The summed E-state index contributed by atoms with van der Waals surface area (Å²) in [5, 5.41) is 3.08. The van der Waals surface area contributed by atoms with E-state index >= 15 is 0 Å². The van der Waals surface area contributed by atoms with Gasteiger partial charge in [0.25, 0.3) is 10.2 Å². The first kappa shape index (κ1) is 15.7. The molecule has 8 heteroatoms. The molecule has 2 aliphatic rings. The lowest BCUT2D eigenvalue weighted by Crippen LogP contribution is -2.62. The summed E-state index contributed by atoms with van der Waals surface area (Å²) < 4.78 is 33.3. The molecule has 2 saturated heterocycles. The van der Waals surface area contributed by atoms with Crippen LogP contribution in [-0.4, -0.2) is 67.9 Å². The largest absolute Gasteiger partial charge is 0.465 e. The zero-order chi connectivity index (χ0) is 14.8. The number of nitrogens with one attached hydrogen (secondary N) is 1. The van der Waals surface area contributed by atoms with E-state index in [9.17, 15) is 13.2 Å². The fourth-order valence-corrected chi connectivity index (χ4v) is 4.71. The fraction of sp³-hybridized carbons (Fsp3) is 0.917. The summed E-state index contributed by atoms with van der Waals surface area (Å²) in [5.41, 5.74) is 0. The van der Waals surface area contributed by atoms with Gasteiger partial charge in [-0.2, -0.15) is 17.0 Å². The maximum absolute atomic E-state index is 12.7. The van der Waals surface area contributed by atoms with Crippen LogP contribution < -0.4 is 5.32 Å². The highest BCUT2D eigenvalue weighted by Crippen LogP contribution is 2.26. The molecule has 2 fully saturated rings. The molecular formula is C12H23N3O4S. The molecular weight excluding hydrogens is 282 g/mol. The van der Waals surface area contributed by atoms with E-state index in [1.54, 1.807) is 6.92 Å². The molecule has 1 unspecified atom stereocenters. The molecule has 2 rings (SSSR count). The summed E-state index contributed by atoms with van der Waals surface area (Å²) in [6.07, 6.45) is 1.24. The standard InChI is InChI=1S/C12H23N3O4S/c1-3-14(10-8-13-9-10)20(17,18)15-7-5-6-11(15)12(16)19-4-2/h10-11,13H,3-9H2,1-2H3. The van der Waals surface area contributed by atoms with E-state index in [2.05, 4.69) is 5.32 Å². The molecule has 0 spiro atoms. The Morgan fingerprint density at radius 3 is 2.60 bits per heavy atom. The first-order valence-corrected chi connectivity index (χ1v) is 8.58. The van der Waals surface area contributed by atoms with Crippen LogP contribution in [0.4, 0.5) is 0 Å². The van der Waals surface area contributed by atoms with Gasteiger partial charge in [0.1, 0.15) is 6.04 Å². The second-order valence-electron chi connectivity index (χ2n) is 5.04. The van der Waals surface area contributed by atoms with Crippen LogP contribution in [0.1, 0.15) is 26.7 Å². The van der Waals surface area contributed by atoms with Crippen LogP contribution in [0, 0.1) is 0 Å². The van der Waals surface area contributed by atoms with Crippen LogP contribution in [0.25, 0.3) is 0 Å². The minimum atomic E-state index is -3.60. The van der Waals surface area contributed by atoms with E-state index in [1.807, 2.05) is 6.92 Å². The summed E-state index contributed by atoms with van der Waals surface area (Å²) in [4.78, 5) is 11.9. The van der Waals surface area contributed by atoms with Crippen LogP contribution in [0.2, 0.25) is 0 Å². The summed E-state index contributed by atoms with van der Waals surface area (Å²) in [7, 11) is -3.60. The van der Waals surface area contributed by atoms with Crippen molar-refractivity contribution in [3.8, 4) is 0 Å². The fourth-order valence-electron chi connectivity index (χ4n) is 2.71. The predicted molar refractivity (Wildman–Crippen MR) is 74.3 cm³/mol. The van der Waals surface area contributed by atoms with Crippen molar-refractivity contribution in [1.29, 1.82) is 0 Å². The van der Waals surface area contributed by atoms with Crippen LogP contribution in [-0.2, 0) is 19.7 Å². The van der Waals surface area contributed by atoms with Crippen molar-refractivity contribution in [1.82, 2.24) is 13.9 Å². The van der Waals surface area contributed by atoms with E-state index < -0.39 is 22.2 Å². The molecule has 0 saturated carbocycles. The van der Waals surface area contributed by atoms with Gasteiger partial charge in [-0.1, -0.05) is 6.92 Å². The van der Waals surface area contributed by atoms with Crippen molar-refractivity contribution in [2.75, 3.05) is 32.8 Å². The van der Waals surface area contributed by atoms with Crippen molar-refractivity contribution >= 4 is 16.2 Å². The Bertz CT molecular complexity index is 450. The third kappa shape index (κ3) is 2.83. The Morgan fingerprint density at radius 1 is 1.40 bits per heavy atom. The number of carbonyl (C=O) groups excluding carboxylic acids is 1. The van der Waals surface area contributed by atoms with Gasteiger partial charge in [0, 0.05) is 26.2 Å². The zero-order valence-corrected chi connectivity index (χ0v) is 12.9. The minimum Gasteiger partial charge on any atom is -0.465 e. The molecule has 1 N–H and O–H groups in total. The van der Waals surface area contributed by atoms with Crippen molar-refractivity contribution in [3.05, 3.63) is 0 Å². The van der Waals surface area contributed by atoms with E-state index in [0.717, 1.165) is 0 Å². The van der Waals surface area contributed by atoms with Gasteiger partial charge in [0.05, 0.1) is 12.6 Å². The summed E-state index contributed by atoms with van der Waals surface area (Å²) >= 11 is 0. The number of rotatable bonds is 6. The van der Waals surface area contributed by atoms with Crippen LogP contribution in [0.15, 0.2) is 0 Å². The number of hydrogen-bond acceptors (Lipinski definition) is 5. The Kier molecular flexibility index (Phi) is 5.00. The highest BCUT2D eigenvalue weighted by atomic mass is 32.2. The first-order valence-electron chi connectivity index (χ1n) is 7.18. The van der Waals surface area contributed by atoms with Crippen molar-refractivity contribution < 1.29 is 17.9 Å². The number of ether oxygens (including phenoxy) is 1. The monoisotopic (exact) mass is 305 g/mol. The maximum Gasteiger partial charge on any atom is 0.324 e. The zero-order valence-electron chi connectivity index (χ0n) is 12.0. The molecule has 116 valence electrons.